The van der Waals surface area contributed by atoms with E-state index in [2.05, 4.69) is 11.7 Å². The second-order valence-corrected chi connectivity index (χ2v) is 8.28. The number of aliphatic carboxylic acids is 1. The van der Waals surface area contributed by atoms with Gasteiger partial charge in [-0.15, -0.1) is 16.3 Å². The molecule has 2 aromatic heterocycles. The molecule has 3 N–H and O–H groups in total. The number of carboxylic acids is 1. The number of thioether (sulfide) groups is 2. The number of carbonyl (C=O) groups excluding carboxylic acids is 1. The number of imidazole rings is 1. The maximum absolute atomic E-state index is 12.0. The number of allylic oxidation sites excluding steroid dienone is 2. The van der Waals surface area contributed by atoms with Crippen LogP contribution < -0.4 is 10.3 Å². The first kappa shape index (κ1) is 18.8. The maximum atomic E-state index is 12.0. The van der Waals surface area contributed by atoms with Crippen molar-refractivity contribution in [2.45, 2.75) is 23.0 Å². The Kier molecular flexibility index (Phi) is 5.00. The van der Waals surface area contributed by atoms with Crippen LogP contribution in [0.25, 0.3) is 5.65 Å². The van der Waals surface area contributed by atoms with Gasteiger partial charge in [0, 0.05) is 11.8 Å². The summed E-state index contributed by atoms with van der Waals surface area (Å²) in [5, 5.41) is 16.3. The van der Waals surface area contributed by atoms with Crippen molar-refractivity contribution in [3.8, 4) is 0 Å². The van der Waals surface area contributed by atoms with E-state index in [1.165, 1.54) is 28.4 Å². The van der Waals surface area contributed by atoms with Crippen molar-refractivity contribution >= 4 is 41.0 Å². The van der Waals surface area contributed by atoms with Crippen LogP contribution in [0.15, 0.2) is 65.0 Å². The number of nitrogens with zero attached hydrogens (tertiary/aromatic N) is 4. The van der Waals surface area contributed by atoms with E-state index >= 15 is 0 Å². The van der Waals surface area contributed by atoms with E-state index in [1.54, 1.807) is 16.0 Å². The van der Waals surface area contributed by atoms with Gasteiger partial charge in [0.25, 0.3) is 0 Å². The third-order valence-corrected chi connectivity index (χ3v) is 6.58. The van der Waals surface area contributed by atoms with Crippen LogP contribution in [-0.4, -0.2) is 48.7 Å². The highest BCUT2D eigenvalue weighted by Crippen LogP contribution is 2.40. The van der Waals surface area contributed by atoms with E-state index in [4.69, 9.17) is 5.73 Å². The van der Waals surface area contributed by atoms with Gasteiger partial charge in [-0.05, 0) is 23.1 Å². The lowest BCUT2D eigenvalue weighted by atomic mass is 10.0. The average Bonchev–Trinajstić information content (AvgIpc) is 3.09. The molecule has 0 saturated carbocycles. The van der Waals surface area contributed by atoms with Crippen molar-refractivity contribution in [3.63, 3.8) is 0 Å². The summed E-state index contributed by atoms with van der Waals surface area (Å²) >= 11 is 2.86. The quantitative estimate of drug-likeness (QED) is 0.313. The summed E-state index contributed by atoms with van der Waals surface area (Å²) in [7, 11) is 0. The summed E-state index contributed by atoms with van der Waals surface area (Å²) in [6.07, 6.45) is 7.35. The second-order valence-electron chi connectivity index (χ2n) is 6.25. The van der Waals surface area contributed by atoms with E-state index in [9.17, 15) is 14.7 Å². The van der Waals surface area contributed by atoms with Crippen LogP contribution in [0, 0.1) is 0 Å². The number of fused-ring (bicyclic) bond motifs is 2. The highest BCUT2D eigenvalue weighted by Gasteiger charge is 2.51. The molecule has 2 atom stereocenters. The molecule has 28 heavy (non-hydrogen) atoms. The topological polar surface area (TPSA) is 105 Å². The predicted octanol–water partition coefficient (Wildman–Crippen LogP) is 0.995. The van der Waals surface area contributed by atoms with Gasteiger partial charge in [-0.1, -0.05) is 29.5 Å². The van der Waals surface area contributed by atoms with Gasteiger partial charge >= 0.3 is 11.6 Å². The molecule has 1 fully saturated rings. The highest BCUT2D eigenvalue weighted by atomic mass is 32.2. The van der Waals surface area contributed by atoms with Crippen LogP contribution >= 0.6 is 23.5 Å². The Morgan fingerprint density at radius 3 is 3.11 bits per heavy atom. The summed E-state index contributed by atoms with van der Waals surface area (Å²) in [5.41, 5.74) is 7.32. The molecular weight excluding hydrogens is 398 g/mol. The molecule has 144 valence electrons. The SMILES string of the molecule is C=CC[n+]1ccn2nc(S/C=C/C3=C(C(=O)O)N4C(=O)[C@@H](N)[C@H]4SC3)ccc21. The van der Waals surface area contributed by atoms with Crippen LogP contribution in [0.2, 0.25) is 0 Å². The molecule has 2 aliphatic heterocycles. The van der Waals surface area contributed by atoms with Crippen LogP contribution in [0.5, 0.6) is 0 Å². The first-order chi connectivity index (χ1) is 13.5. The van der Waals surface area contributed by atoms with Gasteiger partial charge < -0.3 is 10.8 Å². The number of β-lactam (4-membered cyclic amide) rings is 1. The summed E-state index contributed by atoms with van der Waals surface area (Å²) in [4.78, 5) is 24.9. The molecular formula is C18H18N5O3S2+. The molecule has 0 radical (unpaired) electrons. The van der Waals surface area contributed by atoms with Crippen molar-refractivity contribution in [2.24, 2.45) is 5.73 Å². The van der Waals surface area contributed by atoms with Crippen LogP contribution in [0.3, 0.4) is 0 Å². The highest BCUT2D eigenvalue weighted by molar-refractivity contribution is 8.02. The standard InChI is InChI=1S/C18H17N5O3S2/c1-2-6-21-7-8-22-13(21)4-3-12(20-22)27-9-5-11-10-28-17-14(19)16(24)23(17)15(11)18(25)26/h2-5,7-9,14,17H,1,6,10,19H2/p+1/b9-5+/t14-,17-/m1/s1. The molecule has 1 amide bonds. The fourth-order valence-corrected chi connectivity index (χ4v) is 5.10. The fraction of sp³-hybridized carbons (Fsp3) is 0.222. The van der Waals surface area contributed by atoms with Gasteiger partial charge in [0.2, 0.25) is 5.91 Å². The zero-order chi connectivity index (χ0) is 19.8. The lowest BCUT2D eigenvalue weighted by Gasteiger charge is -2.47. The summed E-state index contributed by atoms with van der Waals surface area (Å²) in [6.45, 7) is 4.45. The monoisotopic (exact) mass is 416 g/mol. The Bertz CT molecular complexity index is 1050. The maximum Gasteiger partial charge on any atom is 0.352 e. The van der Waals surface area contributed by atoms with Gasteiger partial charge in [-0.3, -0.25) is 9.69 Å². The zero-order valence-corrected chi connectivity index (χ0v) is 16.4. The van der Waals surface area contributed by atoms with Crippen molar-refractivity contribution in [2.75, 3.05) is 5.75 Å². The Hall–Kier alpha value is -2.56. The summed E-state index contributed by atoms with van der Waals surface area (Å²) in [6, 6.07) is 3.25. The van der Waals surface area contributed by atoms with E-state index in [0.29, 0.717) is 17.9 Å². The molecule has 0 spiro atoms. The zero-order valence-electron chi connectivity index (χ0n) is 14.8. The van der Waals surface area contributed by atoms with Gasteiger partial charge in [0.1, 0.15) is 34.9 Å². The van der Waals surface area contributed by atoms with E-state index < -0.39 is 12.0 Å². The van der Waals surface area contributed by atoms with Gasteiger partial charge in [-0.2, -0.15) is 0 Å². The second kappa shape index (κ2) is 7.46. The fourth-order valence-electron chi connectivity index (χ4n) is 3.18. The van der Waals surface area contributed by atoms with Crippen molar-refractivity contribution < 1.29 is 19.3 Å². The third kappa shape index (κ3) is 3.13. The predicted molar refractivity (Wildman–Crippen MR) is 106 cm³/mol. The van der Waals surface area contributed by atoms with Crippen molar-refractivity contribution in [1.29, 1.82) is 0 Å². The first-order valence-electron chi connectivity index (χ1n) is 8.50. The third-order valence-electron chi connectivity index (χ3n) is 4.52. The van der Waals surface area contributed by atoms with E-state index in [0.717, 1.165) is 10.7 Å². The van der Waals surface area contributed by atoms with Crippen molar-refractivity contribution in [3.05, 3.63) is 59.9 Å². The minimum absolute atomic E-state index is 0.0200. The number of hydrogen-bond acceptors (Lipinski definition) is 6. The normalized spacial score (nSPS) is 21.9. The number of nitrogens with two attached hydrogens (primary N) is 1. The molecule has 2 aliphatic rings. The van der Waals surface area contributed by atoms with Crippen LogP contribution in [0.4, 0.5) is 0 Å². The van der Waals surface area contributed by atoms with Crippen LogP contribution in [-0.2, 0) is 16.1 Å². The Morgan fingerprint density at radius 2 is 2.36 bits per heavy atom. The van der Waals surface area contributed by atoms with E-state index in [-0.39, 0.29) is 17.0 Å². The first-order valence-corrected chi connectivity index (χ1v) is 10.4. The molecule has 8 nitrogen and oxygen atoms in total. The van der Waals surface area contributed by atoms with Gasteiger partial charge in [-0.25, -0.2) is 9.36 Å². The molecule has 2 aromatic rings. The minimum atomic E-state index is -1.12. The minimum Gasteiger partial charge on any atom is -0.477 e. The number of aromatic nitrogens is 3. The van der Waals surface area contributed by atoms with Gasteiger partial charge in [0.15, 0.2) is 6.20 Å². The molecule has 0 aromatic carbocycles. The molecule has 4 heterocycles. The molecule has 4 rings (SSSR count). The molecule has 10 heteroatoms. The Labute approximate surface area is 169 Å². The number of carbonyl (C=O) groups is 2. The van der Waals surface area contributed by atoms with Crippen molar-refractivity contribution in [1.82, 2.24) is 14.5 Å². The molecule has 0 unspecified atom stereocenters. The smallest absolute Gasteiger partial charge is 0.352 e. The molecule has 0 bridgehead atoms. The molecule has 1 saturated heterocycles. The molecule has 0 aliphatic carbocycles. The van der Waals surface area contributed by atoms with Gasteiger partial charge in [0.05, 0.1) is 0 Å². The largest absolute Gasteiger partial charge is 0.477 e. The summed E-state index contributed by atoms with van der Waals surface area (Å²) in [5.74, 6) is -0.971. The Balaban J connectivity index is 1.54. The number of rotatable bonds is 6. The van der Waals surface area contributed by atoms with E-state index in [1.807, 2.05) is 35.2 Å². The lowest BCUT2D eigenvalue weighted by molar-refractivity contribution is -0.660. The average molecular weight is 417 g/mol. The number of hydrogen-bond donors (Lipinski definition) is 2. The summed E-state index contributed by atoms with van der Waals surface area (Å²) < 4.78 is 3.81. The number of amides is 1. The lowest BCUT2D eigenvalue weighted by Crippen LogP contribution is -2.68. The Morgan fingerprint density at radius 1 is 1.54 bits per heavy atom. The van der Waals surface area contributed by atoms with Crippen LogP contribution in [0.1, 0.15) is 0 Å². The number of carboxylic acid groups (broad SMARTS) is 1.